The number of rotatable bonds is 5. The Morgan fingerprint density at radius 1 is 1.65 bits per heavy atom. The first-order chi connectivity index (χ1) is 8.13. The molecule has 0 aromatic carbocycles. The fraction of sp³-hybridized carbons (Fsp3) is 0.818. The maximum Gasteiger partial charge on any atom is 0.231 e. The number of carbonyl (C=O) groups is 1. The summed E-state index contributed by atoms with van der Waals surface area (Å²) in [7, 11) is 0. The number of oxime groups is 1. The number of amides is 1. The standard InChI is InChI=1S/C11H21N3O2S/c1-3-7(10(12)14-16)11(15)13-8-5-4-6-9(8)17-2/h7-9,16H,3-6H2,1-2H3,(H2,12,14)(H,13,15). The minimum Gasteiger partial charge on any atom is -0.409 e. The highest BCUT2D eigenvalue weighted by Gasteiger charge is 2.30. The second-order valence-electron chi connectivity index (χ2n) is 4.31. The van der Waals surface area contributed by atoms with Gasteiger partial charge in [-0.25, -0.2) is 0 Å². The van der Waals surface area contributed by atoms with Gasteiger partial charge in [-0.2, -0.15) is 11.8 Å². The van der Waals surface area contributed by atoms with E-state index in [9.17, 15) is 4.79 Å². The summed E-state index contributed by atoms with van der Waals surface area (Å²) in [5.41, 5.74) is 5.50. The third kappa shape index (κ3) is 3.52. The molecular weight excluding hydrogens is 238 g/mol. The number of amidine groups is 1. The Balaban J connectivity index is 2.58. The average Bonchev–Trinajstić information content (AvgIpc) is 2.76. The number of thioether (sulfide) groups is 1. The van der Waals surface area contributed by atoms with Gasteiger partial charge in [-0.15, -0.1) is 0 Å². The van der Waals surface area contributed by atoms with Gasteiger partial charge in [0.25, 0.3) is 0 Å². The fourth-order valence-corrected chi connectivity index (χ4v) is 3.19. The van der Waals surface area contributed by atoms with Crippen LogP contribution in [-0.2, 0) is 4.79 Å². The van der Waals surface area contributed by atoms with Crippen molar-refractivity contribution < 1.29 is 10.0 Å². The second kappa shape index (κ2) is 6.74. The van der Waals surface area contributed by atoms with E-state index in [1.807, 2.05) is 6.92 Å². The van der Waals surface area contributed by atoms with Gasteiger partial charge in [0.1, 0.15) is 0 Å². The summed E-state index contributed by atoms with van der Waals surface area (Å²) in [4.78, 5) is 12.0. The van der Waals surface area contributed by atoms with Crippen LogP contribution in [-0.4, -0.2) is 34.5 Å². The Bertz CT molecular complexity index is 296. The maximum absolute atomic E-state index is 12.0. The molecule has 5 nitrogen and oxygen atoms in total. The van der Waals surface area contributed by atoms with Crippen molar-refractivity contribution in [3.05, 3.63) is 0 Å². The summed E-state index contributed by atoms with van der Waals surface area (Å²) in [5.74, 6) is -0.666. The van der Waals surface area contributed by atoms with Gasteiger partial charge in [0.05, 0.1) is 5.92 Å². The Labute approximate surface area is 106 Å². The SMILES string of the molecule is CCC(C(=O)NC1CCCC1SC)C(N)=NO. The highest BCUT2D eigenvalue weighted by Crippen LogP contribution is 2.28. The number of hydrogen-bond donors (Lipinski definition) is 3. The molecule has 4 N–H and O–H groups in total. The van der Waals surface area contributed by atoms with Crippen molar-refractivity contribution in [3.63, 3.8) is 0 Å². The molecule has 3 unspecified atom stereocenters. The van der Waals surface area contributed by atoms with E-state index in [4.69, 9.17) is 10.9 Å². The molecule has 0 spiro atoms. The Hall–Kier alpha value is -0.910. The van der Waals surface area contributed by atoms with Crippen molar-refractivity contribution >= 4 is 23.5 Å². The van der Waals surface area contributed by atoms with Gasteiger partial charge in [0.15, 0.2) is 5.84 Å². The lowest BCUT2D eigenvalue weighted by atomic mass is 10.0. The highest BCUT2D eigenvalue weighted by atomic mass is 32.2. The maximum atomic E-state index is 12.0. The van der Waals surface area contributed by atoms with Crippen molar-refractivity contribution in [1.82, 2.24) is 5.32 Å². The van der Waals surface area contributed by atoms with Gasteiger partial charge in [0, 0.05) is 11.3 Å². The van der Waals surface area contributed by atoms with E-state index in [2.05, 4.69) is 16.7 Å². The van der Waals surface area contributed by atoms with E-state index < -0.39 is 5.92 Å². The molecule has 1 saturated carbocycles. The highest BCUT2D eigenvalue weighted by molar-refractivity contribution is 7.99. The van der Waals surface area contributed by atoms with E-state index >= 15 is 0 Å². The first-order valence-electron chi connectivity index (χ1n) is 5.94. The predicted molar refractivity (Wildman–Crippen MR) is 70.3 cm³/mol. The van der Waals surface area contributed by atoms with Crippen LogP contribution in [0.3, 0.4) is 0 Å². The molecule has 1 rings (SSSR count). The van der Waals surface area contributed by atoms with Crippen molar-refractivity contribution in [2.45, 2.75) is 43.9 Å². The number of hydrogen-bond acceptors (Lipinski definition) is 4. The normalized spacial score (nSPS) is 26.8. The number of carbonyl (C=O) groups excluding carboxylic acids is 1. The van der Waals surface area contributed by atoms with Crippen LogP contribution in [0.1, 0.15) is 32.6 Å². The first kappa shape index (κ1) is 14.2. The quantitative estimate of drug-likeness (QED) is 0.299. The molecule has 0 bridgehead atoms. The predicted octanol–water partition coefficient (Wildman–Crippen LogP) is 1.16. The fourth-order valence-electron chi connectivity index (χ4n) is 2.26. The van der Waals surface area contributed by atoms with Crippen LogP contribution < -0.4 is 11.1 Å². The third-order valence-corrected chi connectivity index (χ3v) is 4.45. The van der Waals surface area contributed by atoms with Crippen molar-refractivity contribution in [2.24, 2.45) is 16.8 Å². The molecule has 0 aromatic heterocycles. The van der Waals surface area contributed by atoms with Gasteiger partial charge in [-0.3, -0.25) is 4.79 Å². The zero-order valence-electron chi connectivity index (χ0n) is 10.3. The molecule has 1 aliphatic carbocycles. The summed E-state index contributed by atoms with van der Waals surface area (Å²) in [5, 5.41) is 15.0. The van der Waals surface area contributed by atoms with E-state index in [1.54, 1.807) is 11.8 Å². The molecule has 0 radical (unpaired) electrons. The largest absolute Gasteiger partial charge is 0.409 e. The van der Waals surface area contributed by atoms with E-state index in [0.717, 1.165) is 19.3 Å². The minimum absolute atomic E-state index is 0.0105. The number of nitrogens with zero attached hydrogens (tertiary/aromatic N) is 1. The van der Waals surface area contributed by atoms with Crippen LogP contribution in [0.25, 0.3) is 0 Å². The zero-order valence-corrected chi connectivity index (χ0v) is 11.2. The molecule has 0 aliphatic heterocycles. The number of nitrogens with two attached hydrogens (primary N) is 1. The Morgan fingerprint density at radius 3 is 2.88 bits per heavy atom. The van der Waals surface area contributed by atoms with Gasteiger partial charge in [-0.05, 0) is 25.5 Å². The zero-order chi connectivity index (χ0) is 12.8. The summed E-state index contributed by atoms with van der Waals surface area (Å²) in [6.07, 6.45) is 5.92. The summed E-state index contributed by atoms with van der Waals surface area (Å²) in [6, 6.07) is 0.220. The van der Waals surface area contributed by atoms with E-state index in [0.29, 0.717) is 11.7 Å². The Kier molecular flexibility index (Phi) is 5.61. The Morgan fingerprint density at radius 2 is 2.35 bits per heavy atom. The molecule has 98 valence electrons. The van der Waals surface area contributed by atoms with E-state index in [-0.39, 0.29) is 17.8 Å². The van der Waals surface area contributed by atoms with Gasteiger partial charge in [-0.1, -0.05) is 18.5 Å². The molecule has 1 amide bonds. The molecule has 0 heterocycles. The van der Waals surface area contributed by atoms with Gasteiger partial charge >= 0.3 is 0 Å². The molecule has 3 atom stereocenters. The molecular formula is C11H21N3O2S. The van der Waals surface area contributed by atoms with Gasteiger partial charge < -0.3 is 16.3 Å². The monoisotopic (exact) mass is 259 g/mol. The molecule has 1 aliphatic rings. The van der Waals surface area contributed by atoms with Crippen LogP contribution in [0.2, 0.25) is 0 Å². The van der Waals surface area contributed by atoms with Crippen LogP contribution in [0.15, 0.2) is 5.16 Å². The molecule has 0 aromatic rings. The molecule has 0 saturated heterocycles. The molecule has 17 heavy (non-hydrogen) atoms. The lowest BCUT2D eigenvalue weighted by Gasteiger charge is -2.22. The topological polar surface area (TPSA) is 87.7 Å². The smallest absolute Gasteiger partial charge is 0.231 e. The molecule has 6 heteroatoms. The average molecular weight is 259 g/mol. The van der Waals surface area contributed by atoms with Crippen LogP contribution in [0.4, 0.5) is 0 Å². The summed E-state index contributed by atoms with van der Waals surface area (Å²) in [6.45, 7) is 1.85. The molecule has 1 fully saturated rings. The van der Waals surface area contributed by atoms with Crippen molar-refractivity contribution in [3.8, 4) is 0 Å². The third-order valence-electron chi connectivity index (χ3n) is 3.28. The van der Waals surface area contributed by atoms with Crippen LogP contribution in [0, 0.1) is 5.92 Å². The van der Waals surface area contributed by atoms with Crippen molar-refractivity contribution in [1.29, 1.82) is 0 Å². The lowest BCUT2D eigenvalue weighted by molar-refractivity contribution is -0.123. The van der Waals surface area contributed by atoms with Crippen LogP contribution >= 0.6 is 11.8 Å². The van der Waals surface area contributed by atoms with Crippen molar-refractivity contribution in [2.75, 3.05) is 6.26 Å². The van der Waals surface area contributed by atoms with Crippen LogP contribution in [0.5, 0.6) is 0 Å². The minimum atomic E-state index is -0.525. The lowest BCUT2D eigenvalue weighted by Crippen LogP contribution is -2.45. The summed E-state index contributed by atoms with van der Waals surface area (Å²) >= 11 is 1.79. The first-order valence-corrected chi connectivity index (χ1v) is 7.23. The van der Waals surface area contributed by atoms with E-state index in [1.165, 1.54) is 0 Å². The van der Waals surface area contributed by atoms with Gasteiger partial charge in [0.2, 0.25) is 5.91 Å². The number of nitrogens with one attached hydrogen (secondary N) is 1. The summed E-state index contributed by atoms with van der Waals surface area (Å²) < 4.78 is 0. The second-order valence-corrected chi connectivity index (χ2v) is 5.38.